The number of ketones is 3. The Hall–Kier alpha value is -7.73. The molecule has 6 rings (SSSR count). The number of likely N-dealkylation sites (N-methyl/N-ethyl adjacent to an activating group) is 1. The van der Waals surface area contributed by atoms with Gasteiger partial charge in [-0.1, -0.05) is 108 Å². The maximum Gasteiger partial charge on any atom is 0.513 e. The fourth-order valence-electron chi connectivity index (χ4n) is 10.6. The van der Waals surface area contributed by atoms with Gasteiger partial charge in [-0.25, -0.2) is 4.79 Å². The quantitative estimate of drug-likeness (QED) is 0.0191. The zero-order chi connectivity index (χ0) is 59.8. The summed E-state index contributed by atoms with van der Waals surface area (Å²) in [5, 5.41) is 17.0. The smallest absolute Gasteiger partial charge is 0.507 e. The van der Waals surface area contributed by atoms with Gasteiger partial charge in [0.2, 0.25) is 29.5 Å². The topological polar surface area (TPSA) is 275 Å². The zero-order valence-electron chi connectivity index (χ0n) is 48.5. The molecule has 0 aromatic heterocycles. The highest BCUT2D eigenvalue weighted by atomic mass is 16.7. The lowest BCUT2D eigenvalue weighted by atomic mass is 9.86. The molecule has 7 atom stereocenters. The van der Waals surface area contributed by atoms with Crippen molar-refractivity contribution in [3.63, 3.8) is 0 Å². The number of carbonyl (C=O) groups is 9. The normalized spacial score (nSPS) is 18.3. The Balaban J connectivity index is 1.28. The maximum absolute atomic E-state index is 15.1. The fourth-order valence-corrected chi connectivity index (χ4v) is 10.6. The summed E-state index contributed by atoms with van der Waals surface area (Å²) in [7, 11) is 1.44. The minimum absolute atomic E-state index is 0.0323. The molecule has 7 N–H and O–H groups in total. The van der Waals surface area contributed by atoms with Crippen LogP contribution >= 0.6 is 0 Å². The average Bonchev–Trinajstić information content (AvgIpc) is 4.02. The molecule has 5 amide bonds. The van der Waals surface area contributed by atoms with E-state index >= 15 is 4.79 Å². The van der Waals surface area contributed by atoms with E-state index in [4.69, 9.17) is 20.9 Å². The van der Waals surface area contributed by atoms with Crippen molar-refractivity contribution in [1.82, 2.24) is 20.4 Å². The monoisotopic (exact) mass is 1130 g/mol. The van der Waals surface area contributed by atoms with E-state index < -0.39 is 89.8 Å². The Kier molecular flexibility index (Phi) is 23.1. The van der Waals surface area contributed by atoms with Gasteiger partial charge >= 0.3 is 6.16 Å². The predicted molar refractivity (Wildman–Crippen MR) is 311 cm³/mol. The number of carbonyl (C=O) groups excluding carboxylic acids is 9. The number of amides is 5. The third kappa shape index (κ3) is 16.9. The summed E-state index contributed by atoms with van der Waals surface area (Å²) >= 11 is 0. The van der Waals surface area contributed by atoms with Gasteiger partial charge in [0.15, 0.2) is 11.6 Å². The summed E-state index contributed by atoms with van der Waals surface area (Å²) in [4.78, 5) is 128. The third-order valence-electron chi connectivity index (χ3n) is 15.5. The molecule has 0 saturated carbocycles. The van der Waals surface area contributed by atoms with Gasteiger partial charge in [-0.15, -0.1) is 0 Å². The number of fused-ring (bicyclic) bond motifs is 5. The molecular weight excluding hydrogens is 1040 g/mol. The van der Waals surface area contributed by atoms with E-state index in [1.807, 2.05) is 26.0 Å². The van der Waals surface area contributed by atoms with Crippen molar-refractivity contribution in [3.8, 4) is 33.8 Å². The van der Waals surface area contributed by atoms with Gasteiger partial charge in [0.05, 0.1) is 6.61 Å². The first-order chi connectivity index (χ1) is 39.1. The fraction of sp³-hybridized carbons (Fsp3) is 0.484. The molecule has 0 radical (unpaired) electrons. The number of hydrogen-bond donors (Lipinski definition) is 5. The zero-order valence-corrected chi connectivity index (χ0v) is 48.5. The minimum Gasteiger partial charge on any atom is -0.507 e. The number of Topliss-reactive ketones (excluding diaryl/α,β-unsaturated/α-hetero) is 3. The van der Waals surface area contributed by atoms with E-state index in [0.29, 0.717) is 43.4 Å². The number of unbranched alkanes of at least 4 members (excludes halogenated alkanes) is 2. The summed E-state index contributed by atoms with van der Waals surface area (Å²) in [6, 6.07) is 20.0. The van der Waals surface area contributed by atoms with Gasteiger partial charge in [-0.2, -0.15) is 0 Å². The van der Waals surface area contributed by atoms with Gasteiger partial charge in [-0.3, -0.25) is 38.4 Å². The summed E-state index contributed by atoms with van der Waals surface area (Å²) in [5.41, 5.74) is 16.2. The van der Waals surface area contributed by atoms with Crippen molar-refractivity contribution < 1.29 is 57.7 Å². The highest BCUT2D eigenvalue weighted by Gasteiger charge is 2.39. The number of benzene rings is 4. The van der Waals surface area contributed by atoms with E-state index in [0.717, 1.165) is 30.4 Å². The molecule has 0 spiro atoms. The number of nitrogens with two attached hydrogens (primary N) is 2. The van der Waals surface area contributed by atoms with Gasteiger partial charge in [-0.05, 0) is 116 Å². The molecule has 2 aliphatic heterocycles. The van der Waals surface area contributed by atoms with Crippen LogP contribution in [0, 0.1) is 23.7 Å². The molecule has 4 aromatic rings. The molecule has 1 fully saturated rings. The van der Waals surface area contributed by atoms with Crippen LogP contribution in [0.1, 0.15) is 145 Å². The van der Waals surface area contributed by atoms with Crippen LogP contribution < -0.4 is 26.8 Å². The Bertz CT molecular complexity index is 2940. The number of nitrogens with zero attached hydrogens (tertiary/aromatic N) is 2. The molecule has 0 aliphatic carbocycles. The van der Waals surface area contributed by atoms with Crippen molar-refractivity contribution in [1.29, 1.82) is 0 Å². The molecule has 4 aromatic carbocycles. The second-order valence-corrected chi connectivity index (χ2v) is 22.6. The lowest BCUT2D eigenvalue weighted by Crippen LogP contribution is -2.56. The lowest BCUT2D eigenvalue weighted by Gasteiger charge is -2.32. The number of primary amides is 1. The summed E-state index contributed by atoms with van der Waals surface area (Å²) < 4.78 is 11.1. The molecular formula is C64H82N6O12. The SMILES string of the molecule is CCCCc1ccc(-c2ccc(C(=O)CC[C@@H](C)C(=O)C[C@@H](CCCCN)C(=O)N(C)[C@@H]3C(=O)C[C@@H](C)C(=O)N[C@H](C(=O)N[C@@H](C)C(=O)N4CCC[C@H]4C(N)=O)Cc4ccc(O)c(c4)-c4cc3ccc4OC(=O)OCC(C)C)cc2)cc1. The van der Waals surface area contributed by atoms with Gasteiger partial charge < -0.3 is 46.5 Å². The average molecular weight is 1130 g/mol. The number of phenolic OH excluding ortho intramolecular Hbond substituents is 1. The van der Waals surface area contributed by atoms with E-state index in [1.165, 1.54) is 72.7 Å². The molecule has 440 valence electrons. The molecule has 1 saturated heterocycles. The first-order valence-corrected chi connectivity index (χ1v) is 28.9. The molecule has 4 bridgehead atoms. The summed E-state index contributed by atoms with van der Waals surface area (Å²) in [5.74, 6) is -7.14. The summed E-state index contributed by atoms with van der Waals surface area (Å²) in [6.45, 7) is 11.2. The lowest BCUT2D eigenvalue weighted by molar-refractivity contribution is -0.144. The second kappa shape index (κ2) is 29.8. The van der Waals surface area contributed by atoms with Crippen LogP contribution in [-0.4, -0.2) is 113 Å². The third-order valence-corrected chi connectivity index (χ3v) is 15.5. The number of rotatable bonds is 24. The standard InChI is InChI=1S/C64H82N6O12/c1-8-9-13-42-17-20-44(21-18-42)45-22-24-46(25-23-45)53(71)27-16-39(4)55(73)36-48(14-10-11-30-65)63(79)69(7)58-47-26-29-57(82-64(80)81-37-38(2)3)50(35-47)49-33-43(19-28-54(49)72)34-51(68-60(76)40(5)32-56(58)74)61(77)67-41(6)62(78)70-31-12-15-52(70)59(66)75/h17-26,28-29,33,35,38-41,48,51-52,58,72H,8-16,27,30-32,34,36-37,65H2,1-7H3,(H2,66,75)(H,67,77)(H,68,76)/t39-,40-,41+,48-,51+,52+,58+/m1/s1. The minimum atomic E-state index is -1.41. The molecule has 2 aliphatic rings. The van der Waals surface area contributed by atoms with Crippen LogP contribution in [-0.2, 0) is 51.1 Å². The van der Waals surface area contributed by atoms with Crippen molar-refractivity contribution in [2.75, 3.05) is 26.7 Å². The first kappa shape index (κ1) is 63.5. The molecule has 2 heterocycles. The van der Waals surface area contributed by atoms with Gasteiger partial charge in [0.25, 0.3) is 0 Å². The van der Waals surface area contributed by atoms with Crippen LogP contribution in [0.5, 0.6) is 11.5 Å². The van der Waals surface area contributed by atoms with Crippen LogP contribution in [0.15, 0.2) is 84.9 Å². The Morgan fingerprint density at radius 3 is 2.21 bits per heavy atom. The van der Waals surface area contributed by atoms with Crippen molar-refractivity contribution >= 4 is 53.0 Å². The largest absolute Gasteiger partial charge is 0.513 e. The molecule has 18 nitrogen and oxygen atoms in total. The first-order valence-electron chi connectivity index (χ1n) is 28.9. The maximum atomic E-state index is 15.1. The van der Waals surface area contributed by atoms with Gasteiger partial charge in [0, 0.05) is 73.7 Å². The van der Waals surface area contributed by atoms with Crippen molar-refractivity contribution in [2.24, 2.45) is 35.1 Å². The number of nitrogens with one attached hydrogen (secondary N) is 2. The number of ether oxygens (including phenoxy) is 2. The molecule has 18 heteroatoms. The van der Waals surface area contributed by atoms with Gasteiger partial charge in [0.1, 0.15) is 41.4 Å². The van der Waals surface area contributed by atoms with Crippen LogP contribution in [0.25, 0.3) is 22.3 Å². The number of phenols is 1. The second-order valence-electron chi connectivity index (χ2n) is 22.6. The van der Waals surface area contributed by atoms with Crippen molar-refractivity contribution in [3.05, 3.63) is 107 Å². The Morgan fingerprint density at radius 2 is 1.55 bits per heavy atom. The van der Waals surface area contributed by atoms with Crippen LogP contribution in [0.4, 0.5) is 4.79 Å². The highest BCUT2D eigenvalue weighted by molar-refractivity contribution is 5.99. The van der Waals surface area contributed by atoms with E-state index in [1.54, 1.807) is 19.1 Å². The van der Waals surface area contributed by atoms with Crippen molar-refractivity contribution in [2.45, 2.75) is 149 Å². The molecule has 82 heavy (non-hydrogen) atoms. The predicted octanol–water partition coefficient (Wildman–Crippen LogP) is 8.36. The molecule has 0 unspecified atom stereocenters. The number of likely N-dealkylation sites (tertiary alicyclic amines) is 1. The Labute approximate surface area is 481 Å². The summed E-state index contributed by atoms with van der Waals surface area (Å²) in [6.07, 6.45) is 3.99. The van der Waals surface area contributed by atoms with E-state index in [-0.39, 0.29) is 90.9 Å². The van der Waals surface area contributed by atoms with Crippen LogP contribution in [0.3, 0.4) is 0 Å². The van der Waals surface area contributed by atoms with Crippen LogP contribution in [0.2, 0.25) is 0 Å². The van der Waals surface area contributed by atoms with E-state index in [9.17, 15) is 43.5 Å². The Morgan fingerprint density at radius 1 is 0.854 bits per heavy atom. The van der Waals surface area contributed by atoms with E-state index in [2.05, 4.69) is 41.8 Å². The number of aryl methyl sites for hydroxylation is 1. The highest BCUT2D eigenvalue weighted by Crippen LogP contribution is 2.41. The number of aromatic hydroxyl groups is 1. The number of hydrogen-bond acceptors (Lipinski definition) is 13.